The Balaban J connectivity index is 2.26. The summed E-state index contributed by atoms with van der Waals surface area (Å²) in [5, 5.41) is 2.03. The van der Waals surface area contributed by atoms with Gasteiger partial charge in [0.05, 0.1) is 5.52 Å². The molecular formula is C11H7NO2S. The van der Waals surface area contributed by atoms with Crippen LogP contribution in [0.15, 0.2) is 44.9 Å². The molecule has 0 amide bonds. The normalized spacial score (nSPS) is 10.9. The molecule has 0 saturated carbocycles. The Morgan fingerprint density at radius 2 is 2.20 bits per heavy atom. The van der Waals surface area contributed by atoms with Gasteiger partial charge >= 0.3 is 5.76 Å². The highest BCUT2D eigenvalue weighted by molar-refractivity contribution is 7.13. The summed E-state index contributed by atoms with van der Waals surface area (Å²) in [5.74, 6) is -0.409. The maximum absolute atomic E-state index is 11.0. The van der Waals surface area contributed by atoms with Crippen molar-refractivity contribution in [1.82, 2.24) is 4.98 Å². The lowest BCUT2D eigenvalue weighted by atomic mass is 10.2. The zero-order chi connectivity index (χ0) is 10.3. The van der Waals surface area contributed by atoms with Crippen LogP contribution in [0.4, 0.5) is 0 Å². The predicted molar refractivity (Wildman–Crippen MR) is 60.1 cm³/mol. The lowest BCUT2D eigenvalue weighted by Gasteiger charge is -1.95. The summed E-state index contributed by atoms with van der Waals surface area (Å²) in [4.78, 5) is 14.8. The van der Waals surface area contributed by atoms with E-state index in [0.29, 0.717) is 5.58 Å². The molecule has 2 aromatic heterocycles. The third kappa shape index (κ3) is 1.39. The molecule has 2 heterocycles. The lowest BCUT2D eigenvalue weighted by Crippen LogP contribution is -1.92. The Morgan fingerprint density at radius 3 is 3.00 bits per heavy atom. The van der Waals surface area contributed by atoms with Gasteiger partial charge in [-0.1, -0.05) is 6.07 Å². The van der Waals surface area contributed by atoms with Crippen LogP contribution >= 0.6 is 11.3 Å². The first kappa shape index (κ1) is 8.49. The van der Waals surface area contributed by atoms with Crippen molar-refractivity contribution in [2.75, 3.05) is 0 Å². The standard InChI is InChI=1S/C11H7NO2S/c13-11-12-8-6-7(3-4-9(8)14-11)10-2-1-5-15-10/h1-6H,(H,12,13). The molecule has 0 unspecified atom stereocenters. The van der Waals surface area contributed by atoms with Crippen molar-refractivity contribution in [3.8, 4) is 10.4 Å². The van der Waals surface area contributed by atoms with Crippen LogP contribution in [-0.4, -0.2) is 4.98 Å². The zero-order valence-electron chi connectivity index (χ0n) is 7.69. The molecule has 3 nitrogen and oxygen atoms in total. The molecule has 3 rings (SSSR count). The first-order valence-electron chi connectivity index (χ1n) is 4.50. The molecule has 0 atom stereocenters. The van der Waals surface area contributed by atoms with Gasteiger partial charge < -0.3 is 4.42 Å². The van der Waals surface area contributed by atoms with Gasteiger partial charge in [-0.05, 0) is 35.2 Å². The molecule has 15 heavy (non-hydrogen) atoms. The largest absolute Gasteiger partial charge is 0.417 e. The molecule has 0 bridgehead atoms. The van der Waals surface area contributed by atoms with Crippen molar-refractivity contribution in [3.05, 3.63) is 46.3 Å². The predicted octanol–water partition coefficient (Wildman–Crippen LogP) is 2.85. The quantitative estimate of drug-likeness (QED) is 0.681. The Kier molecular flexibility index (Phi) is 1.76. The van der Waals surface area contributed by atoms with Crippen molar-refractivity contribution in [1.29, 1.82) is 0 Å². The molecule has 74 valence electrons. The van der Waals surface area contributed by atoms with Crippen molar-refractivity contribution in [2.24, 2.45) is 0 Å². The Labute approximate surface area is 89.0 Å². The van der Waals surface area contributed by atoms with Gasteiger partial charge in [-0.25, -0.2) is 4.79 Å². The van der Waals surface area contributed by atoms with E-state index >= 15 is 0 Å². The number of thiophene rings is 1. The molecule has 0 aliphatic carbocycles. The van der Waals surface area contributed by atoms with E-state index in [9.17, 15) is 4.79 Å². The van der Waals surface area contributed by atoms with E-state index in [1.165, 1.54) is 4.88 Å². The minimum absolute atomic E-state index is 0.409. The van der Waals surface area contributed by atoms with Crippen LogP contribution in [0.5, 0.6) is 0 Å². The van der Waals surface area contributed by atoms with E-state index < -0.39 is 5.76 Å². The van der Waals surface area contributed by atoms with Gasteiger partial charge in [0.15, 0.2) is 5.58 Å². The highest BCUT2D eigenvalue weighted by Crippen LogP contribution is 2.26. The number of fused-ring (bicyclic) bond motifs is 1. The number of aromatic nitrogens is 1. The first-order chi connectivity index (χ1) is 7.33. The Hall–Kier alpha value is -1.81. The number of H-pyrrole nitrogens is 1. The average Bonchev–Trinajstić information content (AvgIpc) is 2.82. The fraction of sp³-hybridized carbons (Fsp3) is 0. The maximum Gasteiger partial charge on any atom is 0.417 e. The summed E-state index contributed by atoms with van der Waals surface area (Å²) in [6.45, 7) is 0. The molecule has 1 N–H and O–H groups in total. The van der Waals surface area contributed by atoms with E-state index in [-0.39, 0.29) is 0 Å². The first-order valence-corrected chi connectivity index (χ1v) is 5.38. The molecule has 0 radical (unpaired) electrons. The van der Waals surface area contributed by atoms with Crippen LogP contribution in [0, 0.1) is 0 Å². The van der Waals surface area contributed by atoms with Crippen molar-refractivity contribution >= 4 is 22.4 Å². The molecule has 3 aromatic rings. The number of hydrogen-bond acceptors (Lipinski definition) is 3. The van der Waals surface area contributed by atoms with Crippen LogP contribution < -0.4 is 5.76 Å². The summed E-state index contributed by atoms with van der Waals surface area (Å²) in [5.41, 5.74) is 2.43. The van der Waals surface area contributed by atoms with Gasteiger partial charge in [0, 0.05) is 4.88 Å². The summed E-state index contributed by atoms with van der Waals surface area (Å²) in [7, 11) is 0. The summed E-state index contributed by atoms with van der Waals surface area (Å²) >= 11 is 1.67. The Morgan fingerprint density at radius 1 is 1.27 bits per heavy atom. The second-order valence-electron chi connectivity index (χ2n) is 3.20. The van der Waals surface area contributed by atoms with Crippen LogP contribution in [0.25, 0.3) is 21.5 Å². The van der Waals surface area contributed by atoms with Gasteiger partial charge in [0.2, 0.25) is 0 Å². The molecule has 0 aliphatic rings. The topological polar surface area (TPSA) is 46.0 Å². The van der Waals surface area contributed by atoms with Crippen molar-refractivity contribution in [3.63, 3.8) is 0 Å². The average molecular weight is 217 g/mol. The van der Waals surface area contributed by atoms with Crippen LogP contribution in [0.1, 0.15) is 0 Å². The fourth-order valence-corrected chi connectivity index (χ4v) is 2.27. The number of rotatable bonds is 1. The minimum Gasteiger partial charge on any atom is -0.408 e. The van der Waals surface area contributed by atoms with E-state index in [4.69, 9.17) is 4.42 Å². The molecule has 0 saturated heterocycles. The molecule has 0 fully saturated rings. The van der Waals surface area contributed by atoms with E-state index in [0.717, 1.165) is 11.1 Å². The molecular weight excluding hydrogens is 210 g/mol. The van der Waals surface area contributed by atoms with Gasteiger partial charge in [-0.3, -0.25) is 4.98 Å². The van der Waals surface area contributed by atoms with Crippen molar-refractivity contribution < 1.29 is 4.42 Å². The second kappa shape index (κ2) is 3.10. The van der Waals surface area contributed by atoms with Gasteiger partial charge in [-0.15, -0.1) is 11.3 Å². The highest BCUT2D eigenvalue weighted by atomic mass is 32.1. The van der Waals surface area contributed by atoms with Crippen LogP contribution in [0.2, 0.25) is 0 Å². The monoisotopic (exact) mass is 217 g/mol. The van der Waals surface area contributed by atoms with Crippen LogP contribution in [0.3, 0.4) is 0 Å². The number of nitrogens with one attached hydrogen (secondary N) is 1. The van der Waals surface area contributed by atoms with Crippen LogP contribution in [-0.2, 0) is 0 Å². The SMILES string of the molecule is O=c1[nH]c2cc(-c3cccs3)ccc2o1. The summed E-state index contributed by atoms with van der Waals surface area (Å²) < 4.78 is 4.93. The molecule has 0 aliphatic heterocycles. The number of oxazole rings is 1. The van der Waals surface area contributed by atoms with E-state index in [2.05, 4.69) is 4.98 Å². The number of benzene rings is 1. The molecule has 4 heteroatoms. The summed E-state index contributed by atoms with van der Waals surface area (Å²) in [6.07, 6.45) is 0. The van der Waals surface area contributed by atoms with E-state index in [1.54, 1.807) is 11.3 Å². The van der Waals surface area contributed by atoms with E-state index in [1.807, 2.05) is 35.7 Å². The number of hydrogen-bond donors (Lipinski definition) is 1. The lowest BCUT2D eigenvalue weighted by molar-refractivity contribution is 0.555. The van der Waals surface area contributed by atoms with Gasteiger partial charge in [0.1, 0.15) is 0 Å². The molecule has 0 spiro atoms. The zero-order valence-corrected chi connectivity index (χ0v) is 8.51. The minimum atomic E-state index is -0.409. The summed E-state index contributed by atoms with van der Waals surface area (Å²) in [6, 6.07) is 9.73. The third-order valence-electron chi connectivity index (χ3n) is 2.22. The second-order valence-corrected chi connectivity index (χ2v) is 4.15. The fourth-order valence-electron chi connectivity index (χ4n) is 1.55. The Bertz CT molecular complexity index is 649. The highest BCUT2D eigenvalue weighted by Gasteiger charge is 2.03. The third-order valence-corrected chi connectivity index (χ3v) is 3.14. The molecule has 1 aromatic carbocycles. The van der Waals surface area contributed by atoms with Gasteiger partial charge in [0.25, 0.3) is 0 Å². The number of aromatic amines is 1. The smallest absolute Gasteiger partial charge is 0.408 e. The van der Waals surface area contributed by atoms with Crippen molar-refractivity contribution in [2.45, 2.75) is 0 Å². The maximum atomic E-state index is 11.0. The van der Waals surface area contributed by atoms with Gasteiger partial charge in [-0.2, -0.15) is 0 Å².